The second-order valence-corrected chi connectivity index (χ2v) is 5.96. The van der Waals surface area contributed by atoms with E-state index in [0.717, 1.165) is 9.35 Å². The number of hydrogen-bond acceptors (Lipinski definition) is 4. The van der Waals surface area contributed by atoms with Crippen molar-refractivity contribution in [1.29, 1.82) is 0 Å². The minimum Gasteiger partial charge on any atom is -0.497 e. The normalized spacial score (nSPS) is 9.67. The standard InChI is InChI=1S/C15H12BrNO3S/c1-20-12-8-10(16)7-11(9-12)17-15(19)14-5-4-13(21-14)3-2-6-18/h4-5,7-9,18H,6H2,1H3,(H,17,19). The predicted octanol–water partition coefficient (Wildman–Crippen LogP) is 3.12. The molecule has 0 saturated carbocycles. The zero-order valence-corrected chi connectivity index (χ0v) is 13.5. The summed E-state index contributed by atoms with van der Waals surface area (Å²) in [7, 11) is 1.57. The Morgan fingerprint density at radius 1 is 1.43 bits per heavy atom. The predicted molar refractivity (Wildman–Crippen MR) is 86.9 cm³/mol. The number of methoxy groups -OCH3 is 1. The second kappa shape index (κ2) is 7.27. The number of hydrogen-bond donors (Lipinski definition) is 2. The molecule has 0 aliphatic heterocycles. The highest BCUT2D eigenvalue weighted by Crippen LogP contribution is 2.25. The summed E-state index contributed by atoms with van der Waals surface area (Å²) in [4.78, 5) is 13.4. The van der Waals surface area contributed by atoms with E-state index >= 15 is 0 Å². The third-order valence-electron chi connectivity index (χ3n) is 2.49. The maximum absolute atomic E-state index is 12.2. The molecule has 0 aliphatic carbocycles. The molecule has 0 aliphatic rings. The van der Waals surface area contributed by atoms with Gasteiger partial charge in [0.2, 0.25) is 0 Å². The topological polar surface area (TPSA) is 58.6 Å². The van der Waals surface area contributed by atoms with Gasteiger partial charge in [0.25, 0.3) is 5.91 Å². The summed E-state index contributed by atoms with van der Waals surface area (Å²) in [6, 6.07) is 8.80. The van der Waals surface area contributed by atoms with Crippen molar-refractivity contribution >= 4 is 38.9 Å². The van der Waals surface area contributed by atoms with Crippen LogP contribution in [0.3, 0.4) is 0 Å². The van der Waals surface area contributed by atoms with Crippen molar-refractivity contribution in [3.63, 3.8) is 0 Å². The number of rotatable bonds is 3. The number of thiophene rings is 1. The van der Waals surface area contributed by atoms with Crippen LogP contribution in [0.25, 0.3) is 0 Å². The number of nitrogens with one attached hydrogen (secondary N) is 1. The van der Waals surface area contributed by atoms with Gasteiger partial charge < -0.3 is 15.2 Å². The zero-order valence-electron chi connectivity index (χ0n) is 11.1. The molecule has 0 saturated heterocycles. The summed E-state index contributed by atoms with van der Waals surface area (Å²) in [6.45, 7) is -0.197. The molecule has 2 aromatic rings. The molecule has 0 bridgehead atoms. The van der Waals surface area contributed by atoms with Crippen LogP contribution in [-0.4, -0.2) is 24.7 Å². The van der Waals surface area contributed by atoms with Crippen molar-refractivity contribution in [1.82, 2.24) is 0 Å². The Labute approximate surface area is 134 Å². The highest BCUT2D eigenvalue weighted by atomic mass is 79.9. The van der Waals surface area contributed by atoms with E-state index in [1.165, 1.54) is 11.3 Å². The number of benzene rings is 1. The van der Waals surface area contributed by atoms with Crippen LogP contribution in [0, 0.1) is 11.8 Å². The molecule has 0 unspecified atom stereocenters. The van der Waals surface area contributed by atoms with Crippen molar-refractivity contribution < 1.29 is 14.6 Å². The monoisotopic (exact) mass is 365 g/mol. The molecule has 4 nitrogen and oxygen atoms in total. The van der Waals surface area contributed by atoms with Gasteiger partial charge in [-0.15, -0.1) is 11.3 Å². The largest absolute Gasteiger partial charge is 0.497 e. The minimum absolute atomic E-state index is 0.197. The van der Waals surface area contributed by atoms with E-state index in [4.69, 9.17) is 9.84 Å². The van der Waals surface area contributed by atoms with E-state index < -0.39 is 0 Å². The van der Waals surface area contributed by atoms with Crippen LogP contribution in [-0.2, 0) is 0 Å². The highest BCUT2D eigenvalue weighted by molar-refractivity contribution is 9.10. The number of carbonyl (C=O) groups excluding carboxylic acids is 1. The van der Waals surface area contributed by atoms with Gasteiger partial charge in [-0.1, -0.05) is 27.8 Å². The summed E-state index contributed by atoms with van der Waals surface area (Å²) in [5, 5.41) is 11.5. The molecule has 2 N–H and O–H groups in total. The van der Waals surface area contributed by atoms with Gasteiger partial charge >= 0.3 is 0 Å². The van der Waals surface area contributed by atoms with Gasteiger partial charge in [0.1, 0.15) is 12.4 Å². The Kier molecular flexibility index (Phi) is 5.39. The first-order valence-corrected chi connectivity index (χ1v) is 7.59. The molecule has 0 spiro atoms. The Hall–Kier alpha value is -1.81. The fourth-order valence-corrected chi connectivity index (χ4v) is 2.85. The summed E-state index contributed by atoms with van der Waals surface area (Å²) >= 11 is 4.64. The lowest BCUT2D eigenvalue weighted by Gasteiger charge is -2.07. The van der Waals surface area contributed by atoms with E-state index in [-0.39, 0.29) is 12.5 Å². The van der Waals surface area contributed by atoms with Crippen molar-refractivity contribution in [2.24, 2.45) is 0 Å². The van der Waals surface area contributed by atoms with Gasteiger partial charge in [-0.2, -0.15) is 0 Å². The Morgan fingerprint density at radius 2 is 2.24 bits per heavy atom. The molecule has 1 aromatic carbocycles. The summed E-state index contributed by atoms with van der Waals surface area (Å²) in [5.74, 6) is 5.76. The first-order valence-electron chi connectivity index (χ1n) is 5.98. The Balaban J connectivity index is 2.14. The number of ether oxygens (including phenoxy) is 1. The van der Waals surface area contributed by atoms with Crippen molar-refractivity contribution in [3.8, 4) is 17.6 Å². The van der Waals surface area contributed by atoms with Crippen LogP contribution in [0.5, 0.6) is 5.75 Å². The van der Waals surface area contributed by atoms with E-state index in [1.54, 1.807) is 31.4 Å². The molecular weight excluding hydrogens is 354 g/mol. The molecule has 21 heavy (non-hydrogen) atoms. The van der Waals surface area contributed by atoms with E-state index in [1.807, 2.05) is 6.07 Å². The molecular formula is C15H12BrNO3S. The van der Waals surface area contributed by atoms with Crippen LogP contribution in [0.1, 0.15) is 14.5 Å². The minimum atomic E-state index is -0.211. The lowest BCUT2D eigenvalue weighted by Crippen LogP contribution is -2.10. The number of carbonyl (C=O) groups is 1. The Morgan fingerprint density at radius 3 is 2.95 bits per heavy atom. The van der Waals surface area contributed by atoms with E-state index in [0.29, 0.717) is 16.3 Å². The van der Waals surface area contributed by atoms with Crippen LogP contribution >= 0.6 is 27.3 Å². The first kappa shape index (κ1) is 15.6. The lowest BCUT2D eigenvalue weighted by molar-refractivity contribution is 0.103. The van der Waals surface area contributed by atoms with Gasteiger partial charge in [-0.3, -0.25) is 4.79 Å². The number of anilines is 1. The van der Waals surface area contributed by atoms with Gasteiger partial charge in [0.05, 0.1) is 16.9 Å². The summed E-state index contributed by atoms with van der Waals surface area (Å²) in [5.41, 5.74) is 0.641. The summed E-state index contributed by atoms with van der Waals surface area (Å²) in [6.07, 6.45) is 0. The third kappa shape index (κ3) is 4.33. The first-order chi connectivity index (χ1) is 10.1. The molecule has 1 aromatic heterocycles. The number of aliphatic hydroxyl groups is 1. The Bertz CT molecular complexity index is 715. The van der Waals surface area contributed by atoms with E-state index in [2.05, 4.69) is 33.1 Å². The average molecular weight is 366 g/mol. The molecule has 108 valence electrons. The van der Waals surface area contributed by atoms with E-state index in [9.17, 15) is 4.79 Å². The molecule has 1 amide bonds. The van der Waals surface area contributed by atoms with Crippen molar-refractivity contribution in [3.05, 3.63) is 44.6 Å². The molecule has 0 radical (unpaired) electrons. The fraction of sp³-hybridized carbons (Fsp3) is 0.133. The SMILES string of the molecule is COc1cc(Br)cc(NC(=O)c2ccc(C#CCO)s2)c1. The summed E-state index contributed by atoms with van der Waals surface area (Å²) < 4.78 is 5.97. The number of halogens is 1. The molecule has 0 fully saturated rings. The van der Waals surface area contributed by atoms with Crippen molar-refractivity contribution in [2.75, 3.05) is 19.0 Å². The number of amides is 1. The number of aliphatic hydroxyl groups excluding tert-OH is 1. The zero-order chi connectivity index (χ0) is 15.2. The molecule has 2 rings (SSSR count). The van der Waals surface area contributed by atoms with Gasteiger partial charge in [0, 0.05) is 16.2 Å². The van der Waals surface area contributed by atoms with Crippen LogP contribution in [0.2, 0.25) is 0 Å². The highest BCUT2D eigenvalue weighted by Gasteiger charge is 2.10. The smallest absolute Gasteiger partial charge is 0.265 e. The van der Waals surface area contributed by atoms with Crippen molar-refractivity contribution in [2.45, 2.75) is 0 Å². The maximum atomic E-state index is 12.2. The van der Waals surface area contributed by atoms with Gasteiger partial charge in [-0.05, 0) is 24.3 Å². The maximum Gasteiger partial charge on any atom is 0.265 e. The average Bonchev–Trinajstić information content (AvgIpc) is 2.93. The van der Waals surface area contributed by atoms with Gasteiger partial charge in [0.15, 0.2) is 0 Å². The quantitative estimate of drug-likeness (QED) is 0.821. The molecule has 0 atom stereocenters. The lowest BCUT2D eigenvalue weighted by atomic mass is 10.3. The van der Waals surface area contributed by atoms with Crippen LogP contribution < -0.4 is 10.1 Å². The fourth-order valence-electron chi connectivity index (χ4n) is 1.60. The third-order valence-corrected chi connectivity index (χ3v) is 3.94. The van der Waals surface area contributed by atoms with Crippen LogP contribution in [0.15, 0.2) is 34.8 Å². The van der Waals surface area contributed by atoms with Crippen LogP contribution in [0.4, 0.5) is 5.69 Å². The van der Waals surface area contributed by atoms with Gasteiger partial charge in [-0.25, -0.2) is 0 Å². The molecule has 1 heterocycles. The second-order valence-electron chi connectivity index (χ2n) is 3.96. The molecule has 6 heteroatoms.